The Kier molecular flexibility index (Phi) is 4.42. The van der Waals surface area contributed by atoms with Gasteiger partial charge in [0.2, 0.25) is 0 Å². The highest BCUT2D eigenvalue weighted by Gasteiger charge is 2.16. The number of halogens is 1. The molecule has 0 unspecified atom stereocenters. The number of nitrogens with zero attached hydrogens (tertiary/aromatic N) is 1. The molecule has 0 amide bonds. The van der Waals surface area contributed by atoms with Crippen molar-refractivity contribution in [1.82, 2.24) is 9.97 Å². The third-order valence-electron chi connectivity index (χ3n) is 4.03. The maximum absolute atomic E-state index is 12.8. The molecule has 0 fully saturated rings. The number of hydrogen-bond acceptors (Lipinski definition) is 3. The average molecular weight is 363 g/mol. The maximum Gasteiger partial charge on any atom is 0.196 e. The lowest BCUT2D eigenvalue weighted by atomic mass is 10.0. The van der Waals surface area contributed by atoms with Crippen LogP contribution in [0.15, 0.2) is 72.8 Å². The molecule has 1 N–H and O–H groups in total. The molecule has 0 atom stereocenters. The summed E-state index contributed by atoms with van der Waals surface area (Å²) in [5.74, 6) is 1.01. The van der Waals surface area contributed by atoms with Crippen LogP contribution in [-0.2, 0) is 6.61 Å². The minimum Gasteiger partial charge on any atom is -0.485 e. The Morgan fingerprint density at radius 2 is 1.77 bits per heavy atom. The Labute approximate surface area is 155 Å². The van der Waals surface area contributed by atoms with E-state index in [-0.39, 0.29) is 12.4 Å². The van der Waals surface area contributed by atoms with Gasteiger partial charge in [-0.3, -0.25) is 4.79 Å². The Morgan fingerprint density at radius 1 is 1.00 bits per heavy atom. The quantitative estimate of drug-likeness (QED) is 0.507. The normalized spacial score (nSPS) is 10.8. The number of carbonyl (C=O) groups is 1. The van der Waals surface area contributed by atoms with Gasteiger partial charge in [0, 0.05) is 10.6 Å². The predicted octanol–water partition coefficient (Wildman–Crippen LogP) is 5.03. The number of imidazole rings is 1. The Morgan fingerprint density at radius 3 is 2.58 bits per heavy atom. The lowest BCUT2D eigenvalue weighted by Crippen LogP contribution is -2.06. The maximum atomic E-state index is 12.8. The smallest absolute Gasteiger partial charge is 0.196 e. The van der Waals surface area contributed by atoms with Gasteiger partial charge in [0.05, 0.1) is 16.6 Å². The van der Waals surface area contributed by atoms with Gasteiger partial charge in [0.1, 0.15) is 18.2 Å². The van der Waals surface area contributed by atoms with Crippen LogP contribution in [0.5, 0.6) is 5.75 Å². The topological polar surface area (TPSA) is 55.0 Å². The number of benzene rings is 3. The fraction of sp³-hybridized carbons (Fsp3) is 0.0476. The molecular formula is C21H15ClN2O2. The molecule has 26 heavy (non-hydrogen) atoms. The summed E-state index contributed by atoms with van der Waals surface area (Å²) in [7, 11) is 0. The van der Waals surface area contributed by atoms with Crippen LogP contribution in [0.2, 0.25) is 5.02 Å². The fourth-order valence-electron chi connectivity index (χ4n) is 2.77. The summed E-state index contributed by atoms with van der Waals surface area (Å²) >= 11 is 6.10. The summed E-state index contributed by atoms with van der Waals surface area (Å²) in [6.07, 6.45) is 0. The molecule has 0 bridgehead atoms. The summed E-state index contributed by atoms with van der Waals surface area (Å²) in [6, 6.07) is 21.9. The van der Waals surface area contributed by atoms with E-state index in [9.17, 15) is 4.79 Å². The van der Waals surface area contributed by atoms with Crippen LogP contribution in [0, 0.1) is 0 Å². The first kappa shape index (κ1) is 16.4. The molecule has 0 saturated heterocycles. The van der Waals surface area contributed by atoms with Crippen molar-refractivity contribution in [2.24, 2.45) is 0 Å². The monoisotopic (exact) mass is 362 g/mol. The number of fused-ring (bicyclic) bond motifs is 1. The van der Waals surface area contributed by atoms with Crippen molar-refractivity contribution in [2.75, 3.05) is 0 Å². The number of ether oxygens (including phenoxy) is 1. The standard InChI is InChI=1S/C21H15ClN2O2/c22-15-10-11-16(21(25)14-6-2-1-3-7-14)19(12-15)26-13-20-23-17-8-4-5-9-18(17)24-20/h1-12H,13H2,(H,23,24). The molecule has 0 radical (unpaired) electrons. The number of aromatic amines is 1. The van der Waals surface area contributed by atoms with Crippen molar-refractivity contribution < 1.29 is 9.53 Å². The average Bonchev–Trinajstić information content (AvgIpc) is 3.09. The van der Waals surface area contributed by atoms with Crippen LogP contribution in [0.3, 0.4) is 0 Å². The van der Waals surface area contributed by atoms with Crippen molar-refractivity contribution in [3.05, 3.63) is 94.8 Å². The number of rotatable bonds is 5. The van der Waals surface area contributed by atoms with E-state index in [0.717, 1.165) is 11.0 Å². The van der Waals surface area contributed by atoms with Crippen molar-refractivity contribution in [2.45, 2.75) is 6.61 Å². The predicted molar refractivity (Wildman–Crippen MR) is 102 cm³/mol. The van der Waals surface area contributed by atoms with Crippen LogP contribution < -0.4 is 4.74 Å². The second kappa shape index (κ2) is 7.02. The molecule has 4 aromatic rings. The van der Waals surface area contributed by atoms with Crippen molar-refractivity contribution in [1.29, 1.82) is 0 Å². The summed E-state index contributed by atoms with van der Waals surface area (Å²) in [4.78, 5) is 20.5. The Bertz CT molecular complexity index is 1040. The van der Waals surface area contributed by atoms with Gasteiger partial charge in [0.25, 0.3) is 0 Å². The SMILES string of the molecule is O=C(c1ccccc1)c1ccc(Cl)cc1OCc1nc2ccccc2[nH]1. The summed E-state index contributed by atoms with van der Waals surface area (Å²) in [6.45, 7) is 0.212. The van der Waals surface area contributed by atoms with Crippen LogP contribution in [0.4, 0.5) is 0 Å². The molecule has 4 nitrogen and oxygen atoms in total. The second-order valence-electron chi connectivity index (χ2n) is 5.82. The molecule has 0 spiro atoms. The first-order valence-corrected chi connectivity index (χ1v) is 8.54. The number of nitrogens with one attached hydrogen (secondary N) is 1. The highest BCUT2D eigenvalue weighted by Crippen LogP contribution is 2.26. The minimum absolute atomic E-state index is 0.109. The van der Waals surface area contributed by atoms with Gasteiger partial charge in [0.15, 0.2) is 5.78 Å². The summed E-state index contributed by atoms with van der Waals surface area (Å²) in [5.41, 5.74) is 2.88. The zero-order valence-corrected chi connectivity index (χ0v) is 14.5. The number of carbonyl (C=O) groups excluding carboxylic acids is 1. The van der Waals surface area contributed by atoms with E-state index in [1.165, 1.54) is 0 Å². The van der Waals surface area contributed by atoms with Gasteiger partial charge in [-0.2, -0.15) is 0 Å². The molecule has 4 rings (SSSR count). The number of aromatic nitrogens is 2. The summed E-state index contributed by atoms with van der Waals surface area (Å²) in [5, 5.41) is 0.509. The van der Waals surface area contributed by atoms with Crippen LogP contribution in [0.1, 0.15) is 21.7 Å². The third-order valence-corrected chi connectivity index (χ3v) is 4.26. The third kappa shape index (κ3) is 3.32. The molecule has 0 saturated carbocycles. The molecule has 5 heteroatoms. The highest BCUT2D eigenvalue weighted by molar-refractivity contribution is 6.31. The first-order valence-electron chi connectivity index (χ1n) is 8.16. The number of para-hydroxylation sites is 2. The Hall–Kier alpha value is -3.11. The minimum atomic E-state index is -0.109. The van der Waals surface area contributed by atoms with Crippen molar-refractivity contribution in [3.8, 4) is 5.75 Å². The van der Waals surface area contributed by atoms with Gasteiger partial charge in [-0.05, 0) is 30.3 Å². The molecule has 3 aromatic carbocycles. The van der Waals surface area contributed by atoms with E-state index in [1.54, 1.807) is 30.3 Å². The van der Waals surface area contributed by atoms with Gasteiger partial charge in [-0.1, -0.05) is 54.1 Å². The number of H-pyrrole nitrogens is 1. The van der Waals surface area contributed by atoms with E-state index in [2.05, 4.69) is 9.97 Å². The van der Waals surface area contributed by atoms with Crippen molar-refractivity contribution >= 4 is 28.4 Å². The van der Waals surface area contributed by atoms with E-state index >= 15 is 0 Å². The van der Waals surface area contributed by atoms with E-state index in [1.807, 2.05) is 42.5 Å². The van der Waals surface area contributed by atoms with Gasteiger partial charge in [-0.25, -0.2) is 4.98 Å². The molecule has 1 heterocycles. The van der Waals surface area contributed by atoms with E-state index in [0.29, 0.717) is 27.7 Å². The Balaban J connectivity index is 1.61. The first-order chi connectivity index (χ1) is 12.7. The van der Waals surface area contributed by atoms with E-state index in [4.69, 9.17) is 16.3 Å². The highest BCUT2D eigenvalue weighted by atomic mass is 35.5. The number of hydrogen-bond donors (Lipinski definition) is 1. The summed E-state index contributed by atoms with van der Waals surface area (Å²) < 4.78 is 5.88. The molecule has 0 aliphatic heterocycles. The van der Waals surface area contributed by atoms with Crippen LogP contribution in [-0.4, -0.2) is 15.8 Å². The van der Waals surface area contributed by atoms with Crippen LogP contribution >= 0.6 is 11.6 Å². The zero-order chi connectivity index (χ0) is 17.9. The van der Waals surface area contributed by atoms with Crippen LogP contribution in [0.25, 0.3) is 11.0 Å². The zero-order valence-electron chi connectivity index (χ0n) is 13.8. The van der Waals surface area contributed by atoms with E-state index < -0.39 is 0 Å². The lowest BCUT2D eigenvalue weighted by molar-refractivity contribution is 0.103. The molecule has 0 aliphatic rings. The van der Waals surface area contributed by atoms with Gasteiger partial charge >= 0.3 is 0 Å². The van der Waals surface area contributed by atoms with Gasteiger partial charge in [-0.15, -0.1) is 0 Å². The van der Waals surface area contributed by atoms with Gasteiger partial charge < -0.3 is 9.72 Å². The molecule has 0 aliphatic carbocycles. The fourth-order valence-corrected chi connectivity index (χ4v) is 2.93. The molecule has 1 aromatic heterocycles. The lowest BCUT2D eigenvalue weighted by Gasteiger charge is -2.10. The second-order valence-corrected chi connectivity index (χ2v) is 6.26. The largest absolute Gasteiger partial charge is 0.485 e. The molecule has 128 valence electrons. The van der Waals surface area contributed by atoms with Crippen molar-refractivity contribution in [3.63, 3.8) is 0 Å². The number of ketones is 1. The molecular weight excluding hydrogens is 348 g/mol.